The maximum absolute atomic E-state index is 13.9. The van der Waals surface area contributed by atoms with Crippen molar-refractivity contribution >= 4 is 5.97 Å². The Morgan fingerprint density at radius 3 is 2.24 bits per heavy atom. The fraction of sp³-hybridized carbons (Fsp3) is 0.917. The third-order valence-electron chi connectivity index (χ3n) is 4.18. The molecule has 0 aliphatic carbocycles. The van der Waals surface area contributed by atoms with Crippen molar-refractivity contribution in [3.63, 3.8) is 0 Å². The predicted octanol–water partition coefficient (Wildman–Crippen LogP) is 0.969. The number of hydrogen-bond donors (Lipinski definition) is 1. The molecule has 0 amide bonds. The zero-order valence-corrected chi connectivity index (χ0v) is 10.4. The molecule has 17 heavy (non-hydrogen) atoms. The number of nitrogens with zero attached hydrogens (tertiary/aromatic N) is 2. The molecule has 98 valence electrons. The Balaban J connectivity index is 1.85. The van der Waals surface area contributed by atoms with Crippen LogP contribution in [0.25, 0.3) is 0 Å². The van der Waals surface area contributed by atoms with Gasteiger partial charge in [0, 0.05) is 32.0 Å². The van der Waals surface area contributed by atoms with Gasteiger partial charge in [0.25, 0.3) is 0 Å². The van der Waals surface area contributed by atoms with Gasteiger partial charge in [0.2, 0.25) is 5.67 Å². The number of halogens is 1. The lowest BCUT2D eigenvalue weighted by Gasteiger charge is -2.41. The summed E-state index contributed by atoms with van der Waals surface area (Å²) in [7, 11) is 2.11. The van der Waals surface area contributed by atoms with E-state index in [1.165, 1.54) is 0 Å². The van der Waals surface area contributed by atoms with Crippen LogP contribution in [0, 0.1) is 0 Å². The van der Waals surface area contributed by atoms with Gasteiger partial charge in [-0.3, -0.25) is 0 Å². The molecule has 0 aromatic heterocycles. The first-order chi connectivity index (χ1) is 8.01. The Hall–Kier alpha value is -0.680. The Labute approximate surface area is 101 Å². The van der Waals surface area contributed by atoms with Gasteiger partial charge in [-0.1, -0.05) is 0 Å². The molecule has 2 rings (SSSR count). The first-order valence-electron chi connectivity index (χ1n) is 6.36. The molecule has 2 saturated heterocycles. The average Bonchev–Trinajstić information content (AvgIpc) is 2.31. The molecule has 0 radical (unpaired) electrons. The minimum atomic E-state index is -1.98. The van der Waals surface area contributed by atoms with E-state index >= 15 is 0 Å². The summed E-state index contributed by atoms with van der Waals surface area (Å²) in [5.41, 5.74) is -1.98. The highest BCUT2D eigenvalue weighted by atomic mass is 19.1. The second-order valence-corrected chi connectivity index (χ2v) is 5.34. The fourth-order valence-corrected chi connectivity index (χ4v) is 2.82. The Morgan fingerprint density at radius 2 is 1.76 bits per heavy atom. The number of aliphatic carboxylic acids is 1. The van der Waals surface area contributed by atoms with Crippen LogP contribution in [0.3, 0.4) is 0 Å². The van der Waals surface area contributed by atoms with Crippen LogP contribution in [-0.2, 0) is 4.79 Å². The zero-order valence-electron chi connectivity index (χ0n) is 10.4. The molecule has 1 N–H and O–H groups in total. The molecule has 2 fully saturated rings. The van der Waals surface area contributed by atoms with Crippen molar-refractivity contribution in [1.82, 2.24) is 9.80 Å². The maximum Gasteiger partial charge on any atom is 0.341 e. The second-order valence-electron chi connectivity index (χ2n) is 5.34. The van der Waals surface area contributed by atoms with E-state index < -0.39 is 11.6 Å². The summed E-state index contributed by atoms with van der Waals surface area (Å²) in [6.07, 6.45) is 2.50. The number of hydrogen-bond acceptors (Lipinski definition) is 3. The number of rotatable bonds is 2. The number of carboxylic acids is 1. The summed E-state index contributed by atoms with van der Waals surface area (Å²) in [6, 6.07) is 0.518. The summed E-state index contributed by atoms with van der Waals surface area (Å²) in [4.78, 5) is 15.4. The molecule has 0 aromatic carbocycles. The first-order valence-corrected chi connectivity index (χ1v) is 6.36. The Morgan fingerprint density at radius 1 is 1.24 bits per heavy atom. The molecule has 0 saturated carbocycles. The second kappa shape index (κ2) is 4.90. The van der Waals surface area contributed by atoms with Crippen LogP contribution in [0.1, 0.15) is 25.7 Å². The van der Waals surface area contributed by atoms with Crippen molar-refractivity contribution in [3.8, 4) is 0 Å². The third kappa shape index (κ3) is 2.77. The highest BCUT2D eigenvalue weighted by Gasteiger charge is 2.43. The molecular weight excluding hydrogens is 223 g/mol. The molecule has 0 atom stereocenters. The molecule has 0 bridgehead atoms. The van der Waals surface area contributed by atoms with E-state index in [1.54, 1.807) is 0 Å². The van der Waals surface area contributed by atoms with Crippen LogP contribution in [0.2, 0.25) is 0 Å². The van der Waals surface area contributed by atoms with Crippen molar-refractivity contribution in [3.05, 3.63) is 0 Å². The number of piperidine rings is 2. The standard InChI is InChI=1S/C12H21FN2O2/c1-14-6-2-10(3-7-14)15-8-4-12(13,5-9-15)11(16)17/h10H,2-9H2,1H3,(H,16,17). The van der Waals surface area contributed by atoms with Crippen LogP contribution in [0.4, 0.5) is 4.39 Å². The normalized spacial score (nSPS) is 28.1. The summed E-state index contributed by atoms with van der Waals surface area (Å²) in [5.74, 6) is -1.29. The monoisotopic (exact) mass is 244 g/mol. The van der Waals surface area contributed by atoms with Crippen LogP contribution in [0.15, 0.2) is 0 Å². The van der Waals surface area contributed by atoms with Crippen LogP contribution in [-0.4, -0.2) is 65.8 Å². The van der Waals surface area contributed by atoms with Gasteiger partial charge in [0.05, 0.1) is 0 Å². The van der Waals surface area contributed by atoms with E-state index in [1.807, 2.05) is 0 Å². The average molecular weight is 244 g/mol. The molecule has 0 unspecified atom stereocenters. The summed E-state index contributed by atoms with van der Waals surface area (Å²) in [5, 5.41) is 8.83. The van der Waals surface area contributed by atoms with E-state index in [9.17, 15) is 9.18 Å². The lowest BCUT2D eigenvalue weighted by molar-refractivity contribution is -0.154. The van der Waals surface area contributed by atoms with E-state index in [0.29, 0.717) is 19.1 Å². The van der Waals surface area contributed by atoms with Gasteiger partial charge in [0.1, 0.15) is 0 Å². The lowest BCUT2D eigenvalue weighted by atomic mass is 9.91. The van der Waals surface area contributed by atoms with Gasteiger partial charge in [0.15, 0.2) is 0 Å². The van der Waals surface area contributed by atoms with Gasteiger partial charge in [-0.05, 0) is 33.0 Å². The summed E-state index contributed by atoms with van der Waals surface area (Å²) in [6.45, 7) is 3.33. The fourth-order valence-electron chi connectivity index (χ4n) is 2.82. The van der Waals surface area contributed by atoms with Gasteiger partial charge in [-0.15, -0.1) is 0 Å². The summed E-state index contributed by atoms with van der Waals surface area (Å²) < 4.78 is 13.9. The molecule has 2 heterocycles. The molecular formula is C12H21FN2O2. The minimum Gasteiger partial charge on any atom is -0.479 e. The first kappa shape index (κ1) is 12.8. The van der Waals surface area contributed by atoms with E-state index in [4.69, 9.17) is 5.11 Å². The molecule has 2 aliphatic rings. The highest BCUT2D eigenvalue weighted by molar-refractivity contribution is 5.77. The van der Waals surface area contributed by atoms with Gasteiger partial charge in [-0.2, -0.15) is 0 Å². The number of alkyl halides is 1. The van der Waals surface area contributed by atoms with E-state index in [2.05, 4.69) is 16.8 Å². The number of carboxylic acid groups (broad SMARTS) is 1. The Bertz CT molecular complexity index is 282. The zero-order chi connectivity index (χ0) is 12.5. The molecule has 4 nitrogen and oxygen atoms in total. The van der Waals surface area contributed by atoms with Crippen molar-refractivity contribution in [1.29, 1.82) is 0 Å². The van der Waals surface area contributed by atoms with Crippen LogP contribution >= 0.6 is 0 Å². The Kier molecular flexibility index (Phi) is 3.68. The smallest absolute Gasteiger partial charge is 0.341 e. The van der Waals surface area contributed by atoms with Gasteiger partial charge >= 0.3 is 5.97 Å². The van der Waals surface area contributed by atoms with E-state index in [0.717, 1.165) is 25.9 Å². The minimum absolute atomic E-state index is 0.134. The van der Waals surface area contributed by atoms with Crippen LogP contribution < -0.4 is 0 Å². The van der Waals surface area contributed by atoms with E-state index in [-0.39, 0.29) is 12.8 Å². The highest BCUT2D eigenvalue weighted by Crippen LogP contribution is 2.29. The number of likely N-dealkylation sites (tertiary alicyclic amines) is 2. The van der Waals surface area contributed by atoms with Gasteiger partial charge in [-0.25, -0.2) is 9.18 Å². The summed E-state index contributed by atoms with van der Waals surface area (Å²) >= 11 is 0. The van der Waals surface area contributed by atoms with Crippen molar-refractivity contribution in [2.75, 3.05) is 33.2 Å². The van der Waals surface area contributed by atoms with Crippen molar-refractivity contribution in [2.24, 2.45) is 0 Å². The van der Waals surface area contributed by atoms with Crippen LogP contribution in [0.5, 0.6) is 0 Å². The SMILES string of the molecule is CN1CCC(N2CCC(F)(C(=O)O)CC2)CC1. The number of carbonyl (C=O) groups is 1. The van der Waals surface area contributed by atoms with Crippen molar-refractivity contribution in [2.45, 2.75) is 37.4 Å². The molecule has 2 aliphatic heterocycles. The van der Waals surface area contributed by atoms with Gasteiger partial charge < -0.3 is 14.9 Å². The predicted molar refractivity (Wildman–Crippen MR) is 62.8 cm³/mol. The lowest BCUT2D eigenvalue weighted by Crippen LogP contribution is -2.52. The maximum atomic E-state index is 13.9. The third-order valence-corrected chi connectivity index (χ3v) is 4.18. The molecule has 0 spiro atoms. The molecule has 5 heteroatoms. The largest absolute Gasteiger partial charge is 0.479 e. The topological polar surface area (TPSA) is 43.8 Å². The molecule has 0 aromatic rings. The van der Waals surface area contributed by atoms with Crippen molar-refractivity contribution < 1.29 is 14.3 Å². The quantitative estimate of drug-likeness (QED) is 0.786.